The monoisotopic (exact) mass is 430 g/mol. The Labute approximate surface area is 193 Å². The molecule has 0 amide bonds. The van der Waals surface area contributed by atoms with Gasteiger partial charge < -0.3 is 5.11 Å². The van der Waals surface area contributed by atoms with Crippen molar-refractivity contribution in [3.63, 3.8) is 0 Å². The van der Waals surface area contributed by atoms with Crippen LogP contribution in [-0.2, 0) is 11.2 Å². The minimum atomic E-state index is -0.777. The minimum absolute atomic E-state index is 0.133. The van der Waals surface area contributed by atoms with E-state index in [-0.39, 0.29) is 5.41 Å². The van der Waals surface area contributed by atoms with Crippen LogP contribution >= 0.6 is 0 Å². The van der Waals surface area contributed by atoms with Crippen molar-refractivity contribution in [2.24, 2.45) is 35.0 Å². The highest BCUT2D eigenvalue weighted by atomic mass is 16.3. The van der Waals surface area contributed by atoms with Gasteiger partial charge in [0.25, 0.3) is 0 Å². The van der Waals surface area contributed by atoms with Gasteiger partial charge in [0.2, 0.25) is 0 Å². The number of carbonyl (C=O) groups excluding carboxylic acids is 1. The summed E-state index contributed by atoms with van der Waals surface area (Å²) in [6.07, 6.45) is 14.0. The van der Waals surface area contributed by atoms with E-state index < -0.39 is 5.60 Å². The largest absolute Gasteiger partial charge is 0.385 e. The van der Waals surface area contributed by atoms with E-state index in [2.05, 4.69) is 44.7 Å². The number of rotatable bonds is 5. The number of hydrogen-bond acceptors (Lipinski definition) is 2. The molecular formula is C30H38O2. The van der Waals surface area contributed by atoms with Crippen molar-refractivity contribution in [3.8, 4) is 0 Å². The first-order valence-electron chi connectivity index (χ1n) is 12.7. The maximum atomic E-state index is 13.2. The van der Waals surface area contributed by atoms with E-state index in [1.54, 1.807) is 0 Å². The lowest BCUT2D eigenvalue weighted by Crippen LogP contribution is -2.47. The Bertz CT molecular complexity index is 956. The van der Waals surface area contributed by atoms with E-state index in [4.69, 9.17) is 0 Å². The molecule has 0 heterocycles. The number of Topliss-reactive ketones (excluding diaryl/α,β-unsaturated/α-hetero) is 1. The van der Waals surface area contributed by atoms with Crippen LogP contribution in [0.5, 0.6) is 0 Å². The highest BCUT2D eigenvalue weighted by molar-refractivity contribution is 5.87. The summed E-state index contributed by atoms with van der Waals surface area (Å²) in [5, 5.41) is 11.4. The Hall–Kier alpha value is -1.93. The average molecular weight is 431 g/mol. The molecule has 0 radical (unpaired) electrons. The molecule has 170 valence electrons. The molecule has 0 saturated heterocycles. The van der Waals surface area contributed by atoms with Gasteiger partial charge in [-0.2, -0.15) is 0 Å². The molecule has 2 heteroatoms. The van der Waals surface area contributed by atoms with Crippen LogP contribution in [0.3, 0.4) is 0 Å². The van der Waals surface area contributed by atoms with Gasteiger partial charge >= 0.3 is 0 Å². The number of aliphatic hydroxyl groups is 1. The number of fused-ring (bicyclic) bond motifs is 5. The second-order valence-corrected chi connectivity index (χ2v) is 11.4. The van der Waals surface area contributed by atoms with Gasteiger partial charge in [0.15, 0.2) is 0 Å². The minimum Gasteiger partial charge on any atom is -0.385 e. The Morgan fingerprint density at radius 2 is 2.03 bits per heavy atom. The molecule has 3 fully saturated rings. The Morgan fingerprint density at radius 3 is 2.78 bits per heavy atom. The van der Waals surface area contributed by atoms with E-state index in [1.807, 2.05) is 24.3 Å². The molecule has 1 aromatic rings. The maximum Gasteiger partial charge on any atom is 0.139 e. The number of ketones is 1. The molecular weight excluding hydrogens is 392 g/mol. The smallest absolute Gasteiger partial charge is 0.139 e. The van der Waals surface area contributed by atoms with Crippen molar-refractivity contribution in [3.05, 3.63) is 71.8 Å². The summed E-state index contributed by atoms with van der Waals surface area (Å²) in [6, 6.07) is 10.3. The van der Waals surface area contributed by atoms with E-state index in [0.29, 0.717) is 48.2 Å². The van der Waals surface area contributed by atoms with E-state index in [0.717, 1.165) is 38.5 Å². The Balaban J connectivity index is 1.40. The zero-order chi connectivity index (χ0) is 22.5. The van der Waals surface area contributed by atoms with Crippen molar-refractivity contribution in [1.82, 2.24) is 0 Å². The molecule has 5 rings (SSSR count). The normalized spacial score (nSPS) is 39.3. The second-order valence-electron chi connectivity index (χ2n) is 11.4. The zero-order valence-electron chi connectivity index (χ0n) is 19.7. The molecule has 7 atom stereocenters. The van der Waals surface area contributed by atoms with Crippen LogP contribution in [0.25, 0.3) is 0 Å². The molecule has 0 spiro atoms. The summed E-state index contributed by atoms with van der Waals surface area (Å²) < 4.78 is 0. The molecule has 32 heavy (non-hydrogen) atoms. The van der Waals surface area contributed by atoms with Gasteiger partial charge in [0, 0.05) is 18.3 Å². The summed E-state index contributed by atoms with van der Waals surface area (Å²) in [6.45, 7) is 8.57. The lowest BCUT2D eigenvalue weighted by atomic mass is 9.52. The van der Waals surface area contributed by atoms with Gasteiger partial charge in [0.05, 0.1) is 5.60 Å². The molecule has 1 N–H and O–H groups in total. The van der Waals surface area contributed by atoms with Crippen LogP contribution < -0.4 is 0 Å². The second kappa shape index (κ2) is 8.13. The molecule has 3 saturated carbocycles. The summed E-state index contributed by atoms with van der Waals surface area (Å²) in [7, 11) is 0. The van der Waals surface area contributed by atoms with Gasteiger partial charge in [-0.25, -0.2) is 0 Å². The number of carbonyl (C=O) groups is 1. The standard InChI is InChI=1S/C30H38O2/c1-4-8-20(2)26-17-27(31)29(3)15-13-24-23-14-16-30(32,18-21-9-6-5-7-10-21)19-22(23)11-12-25(24)28(26)29/h4-7,9-10,14,19-20,24-26,28,32H,1,8,11-13,15-18H2,2-3H3/t20?,24-,25-,26+,28-,29-,30?/m1/s1. The fourth-order valence-corrected chi connectivity index (χ4v) is 7.89. The van der Waals surface area contributed by atoms with E-state index in [9.17, 15) is 9.90 Å². The predicted octanol–water partition coefficient (Wildman–Crippen LogP) is 6.46. The Morgan fingerprint density at radius 1 is 1.25 bits per heavy atom. The molecule has 0 bridgehead atoms. The Kier molecular flexibility index (Phi) is 5.56. The van der Waals surface area contributed by atoms with Crippen molar-refractivity contribution < 1.29 is 9.90 Å². The van der Waals surface area contributed by atoms with Gasteiger partial charge in [-0.05, 0) is 90.9 Å². The van der Waals surface area contributed by atoms with Gasteiger partial charge in [0.1, 0.15) is 5.78 Å². The fourth-order valence-electron chi connectivity index (χ4n) is 7.89. The lowest BCUT2D eigenvalue weighted by Gasteiger charge is -2.52. The molecule has 4 aliphatic carbocycles. The molecule has 2 nitrogen and oxygen atoms in total. The fraction of sp³-hybridized carbons (Fsp3) is 0.567. The van der Waals surface area contributed by atoms with Crippen LogP contribution in [0.1, 0.15) is 64.4 Å². The summed E-state index contributed by atoms with van der Waals surface area (Å²) in [5.41, 5.74) is 3.15. The first-order valence-corrected chi connectivity index (χ1v) is 12.7. The molecule has 4 aliphatic rings. The van der Waals surface area contributed by atoms with Crippen LogP contribution in [0.4, 0.5) is 0 Å². The lowest BCUT2D eigenvalue weighted by molar-refractivity contribution is -0.130. The van der Waals surface area contributed by atoms with Gasteiger partial charge in [-0.15, -0.1) is 6.58 Å². The third-order valence-corrected chi connectivity index (χ3v) is 9.47. The molecule has 1 aromatic carbocycles. The van der Waals surface area contributed by atoms with E-state index in [1.165, 1.54) is 16.7 Å². The molecule has 0 aromatic heterocycles. The summed E-state index contributed by atoms with van der Waals surface area (Å²) in [4.78, 5) is 13.2. The van der Waals surface area contributed by atoms with Gasteiger partial charge in [-0.1, -0.05) is 56.3 Å². The average Bonchev–Trinajstić information content (AvgIpc) is 3.05. The highest BCUT2D eigenvalue weighted by Crippen LogP contribution is 2.63. The number of allylic oxidation sites excluding steroid dienone is 3. The molecule has 0 aliphatic heterocycles. The van der Waals surface area contributed by atoms with Crippen molar-refractivity contribution in [2.75, 3.05) is 0 Å². The van der Waals surface area contributed by atoms with Crippen molar-refractivity contribution >= 4 is 5.78 Å². The number of hydrogen-bond donors (Lipinski definition) is 1. The predicted molar refractivity (Wildman–Crippen MR) is 130 cm³/mol. The third kappa shape index (κ3) is 3.55. The summed E-state index contributed by atoms with van der Waals surface area (Å²) >= 11 is 0. The van der Waals surface area contributed by atoms with E-state index >= 15 is 0 Å². The van der Waals surface area contributed by atoms with Gasteiger partial charge in [-0.3, -0.25) is 4.79 Å². The van der Waals surface area contributed by atoms with Crippen molar-refractivity contribution in [2.45, 2.75) is 70.8 Å². The van der Waals surface area contributed by atoms with Crippen LogP contribution in [0.15, 0.2) is 66.3 Å². The van der Waals surface area contributed by atoms with Crippen LogP contribution in [0, 0.1) is 35.0 Å². The maximum absolute atomic E-state index is 13.2. The molecule has 2 unspecified atom stereocenters. The highest BCUT2D eigenvalue weighted by Gasteiger charge is 2.59. The topological polar surface area (TPSA) is 37.3 Å². The van der Waals surface area contributed by atoms with Crippen molar-refractivity contribution in [1.29, 1.82) is 0 Å². The quantitative estimate of drug-likeness (QED) is 0.544. The number of benzene rings is 1. The van der Waals surface area contributed by atoms with Crippen LogP contribution in [0.2, 0.25) is 0 Å². The summed E-state index contributed by atoms with van der Waals surface area (Å²) in [5.74, 6) is 3.17. The SMILES string of the molecule is C=CCC(C)[C@@H]1CC(=O)[C@@]2(C)CC[C@@H]3C4=CCC(O)(Cc5ccccc5)C=C4CC[C@H]3[C@H]12. The first kappa shape index (κ1) is 21.9. The third-order valence-electron chi connectivity index (χ3n) is 9.47. The van der Waals surface area contributed by atoms with Crippen LogP contribution in [-0.4, -0.2) is 16.5 Å². The first-order chi connectivity index (χ1) is 15.3. The zero-order valence-corrected chi connectivity index (χ0v) is 19.7.